The summed E-state index contributed by atoms with van der Waals surface area (Å²) in [6.07, 6.45) is 0.0882. The summed E-state index contributed by atoms with van der Waals surface area (Å²) in [5.41, 5.74) is 2.41. The van der Waals surface area contributed by atoms with E-state index in [0.29, 0.717) is 0 Å². The number of morpholine rings is 2. The van der Waals surface area contributed by atoms with Crippen LogP contribution < -0.4 is 10.2 Å². The Bertz CT molecular complexity index is 429. The topological polar surface area (TPSA) is 33.7 Å². The van der Waals surface area contributed by atoms with Crippen LogP contribution in [0.2, 0.25) is 5.02 Å². The minimum Gasteiger partial charge on any atom is -0.378 e. The van der Waals surface area contributed by atoms with Gasteiger partial charge in [0.2, 0.25) is 0 Å². The second-order valence-electron chi connectivity index (χ2n) is 4.87. The zero-order chi connectivity index (χ0) is 13.1. The molecule has 0 bridgehead atoms. The Labute approximate surface area is 118 Å². The fraction of sp³-hybridized carbons (Fsp3) is 0.571. The Kier molecular flexibility index (Phi) is 4.23. The average molecular weight is 283 g/mol. The maximum Gasteiger partial charge on any atom is 0.0970 e. The van der Waals surface area contributed by atoms with Gasteiger partial charge in [0.05, 0.1) is 25.9 Å². The highest BCUT2D eigenvalue weighted by atomic mass is 35.5. The van der Waals surface area contributed by atoms with E-state index in [1.807, 2.05) is 12.1 Å². The van der Waals surface area contributed by atoms with Crippen molar-refractivity contribution < 1.29 is 9.47 Å². The molecule has 1 aromatic carbocycles. The summed E-state index contributed by atoms with van der Waals surface area (Å²) in [4.78, 5) is 2.35. The standard InChI is InChI=1S/C14H19ClN2O2/c15-11-1-2-13(17-4-7-18-8-5-17)12(9-11)14-10-16-3-6-19-14/h1-2,9,14,16H,3-8,10H2. The van der Waals surface area contributed by atoms with Crippen LogP contribution in [-0.2, 0) is 9.47 Å². The van der Waals surface area contributed by atoms with Gasteiger partial charge in [-0.15, -0.1) is 0 Å². The highest BCUT2D eigenvalue weighted by Gasteiger charge is 2.23. The van der Waals surface area contributed by atoms with E-state index >= 15 is 0 Å². The van der Waals surface area contributed by atoms with Gasteiger partial charge in [0.25, 0.3) is 0 Å². The van der Waals surface area contributed by atoms with E-state index in [1.165, 1.54) is 11.3 Å². The second-order valence-corrected chi connectivity index (χ2v) is 5.30. The fourth-order valence-electron chi connectivity index (χ4n) is 2.64. The van der Waals surface area contributed by atoms with Crippen molar-refractivity contribution in [2.75, 3.05) is 50.9 Å². The molecule has 2 aliphatic heterocycles. The van der Waals surface area contributed by atoms with Crippen LogP contribution in [0.25, 0.3) is 0 Å². The quantitative estimate of drug-likeness (QED) is 0.897. The zero-order valence-corrected chi connectivity index (χ0v) is 11.7. The van der Waals surface area contributed by atoms with Gasteiger partial charge in [-0.05, 0) is 18.2 Å². The van der Waals surface area contributed by atoms with Crippen LogP contribution in [0, 0.1) is 0 Å². The number of nitrogens with zero attached hydrogens (tertiary/aromatic N) is 1. The van der Waals surface area contributed by atoms with Crippen LogP contribution in [0.5, 0.6) is 0 Å². The molecule has 2 fully saturated rings. The van der Waals surface area contributed by atoms with E-state index in [0.717, 1.165) is 51.0 Å². The van der Waals surface area contributed by atoms with E-state index in [1.54, 1.807) is 0 Å². The first-order valence-electron chi connectivity index (χ1n) is 6.79. The number of nitrogens with one attached hydrogen (secondary N) is 1. The minimum absolute atomic E-state index is 0.0882. The van der Waals surface area contributed by atoms with Gasteiger partial charge in [0, 0.05) is 42.5 Å². The molecule has 0 aliphatic carbocycles. The number of ether oxygens (including phenoxy) is 2. The van der Waals surface area contributed by atoms with Crippen LogP contribution in [-0.4, -0.2) is 46.0 Å². The first kappa shape index (κ1) is 13.2. The molecule has 1 aromatic rings. The molecule has 2 saturated heterocycles. The van der Waals surface area contributed by atoms with Crippen molar-refractivity contribution in [2.45, 2.75) is 6.10 Å². The van der Waals surface area contributed by atoms with Crippen molar-refractivity contribution in [1.29, 1.82) is 0 Å². The maximum absolute atomic E-state index is 6.16. The lowest BCUT2D eigenvalue weighted by Gasteiger charge is -2.33. The van der Waals surface area contributed by atoms with E-state index in [4.69, 9.17) is 21.1 Å². The third-order valence-corrected chi connectivity index (χ3v) is 3.85. The molecule has 0 amide bonds. The average Bonchev–Trinajstić information content (AvgIpc) is 2.49. The van der Waals surface area contributed by atoms with Crippen LogP contribution in [0.3, 0.4) is 0 Å². The van der Waals surface area contributed by atoms with E-state index in [2.05, 4.69) is 16.3 Å². The number of benzene rings is 1. The summed E-state index contributed by atoms with van der Waals surface area (Å²) < 4.78 is 11.3. The molecular weight excluding hydrogens is 264 g/mol. The van der Waals surface area contributed by atoms with E-state index in [9.17, 15) is 0 Å². The Morgan fingerprint density at radius 1 is 1.21 bits per heavy atom. The molecule has 4 nitrogen and oxygen atoms in total. The molecule has 0 radical (unpaired) electrons. The monoisotopic (exact) mass is 282 g/mol. The molecular formula is C14H19ClN2O2. The van der Waals surface area contributed by atoms with Crippen molar-refractivity contribution in [1.82, 2.24) is 5.32 Å². The summed E-state index contributed by atoms with van der Waals surface area (Å²) in [5.74, 6) is 0. The second kappa shape index (κ2) is 6.09. The molecule has 1 N–H and O–H groups in total. The maximum atomic E-state index is 6.16. The van der Waals surface area contributed by atoms with E-state index in [-0.39, 0.29) is 6.10 Å². The Morgan fingerprint density at radius 3 is 2.79 bits per heavy atom. The molecule has 0 spiro atoms. The molecule has 19 heavy (non-hydrogen) atoms. The molecule has 2 heterocycles. The Balaban J connectivity index is 1.88. The van der Waals surface area contributed by atoms with Gasteiger partial charge in [0.1, 0.15) is 0 Å². The van der Waals surface area contributed by atoms with Crippen LogP contribution >= 0.6 is 11.6 Å². The van der Waals surface area contributed by atoms with Crippen molar-refractivity contribution in [3.63, 3.8) is 0 Å². The van der Waals surface area contributed by atoms with Crippen molar-refractivity contribution in [3.05, 3.63) is 28.8 Å². The third-order valence-electron chi connectivity index (χ3n) is 3.62. The summed E-state index contributed by atoms with van der Waals surface area (Å²) in [5, 5.41) is 4.14. The lowest BCUT2D eigenvalue weighted by atomic mass is 10.0. The van der Waals surface area contributed by atoms with E-state index < -0.39 is 0 Å². The Morgan fingerprint density at radius 2 is 2.05 bits per heavy atom. The van der Waals surface area contributed by atoms with Crippen molar-refractivity contribution in [3.8, 4) is 0 Å². The van der Waals surface area contributed by atoms with Crippen LogP contribution in [0.15, 0.2) is 18.2 Å². The molecule has 3 rings (SSSR count). The third kappa shape index (κ3) is 3.03. The summed E-state index contributed by atoms with van der Waals surface area (Å²) >= 11 is 6.16. The number of rotatable bonds is 2. The predicted octanol–water partition coefficient (Wildman–Crippen LogP) is 1.84. The first-order valence-corrected chi connectivity index (χ1v) is 7.17. The van der Waals surface area contributed by atoms with Crippen molar-refractivity contribution in [2.24, 2.45) is 0 Å². The van der Waals surface area contributed by atoms with Crippen molar-refractivity contribution >= 4 is 17.3 Å². The number of anilines is 1. The summed E-state index contributed by atoms with van der Waals surface area (Å²) in [7, 11) is 0. The Hall–Kier alpha value is -0.810. The summed E-state index contributed by atoms with van der Waals surface area (Å²) in [6, 6.07) is 6.08. The fourth-order valence-corrected chi connectivity index (χ4v) is 2.82. The highest BCUT2D eigenvalue weighted by molar-refractivity contribution is 6.30. The molecule has 2 aliphatic rings. The van der Waals surface area contributed by atoms with Gasteiger partial charge >= 0.3 is 0 Å². The molecule has 0 aromatic heterocycles. The largest absolute Gasteiger partial charge is 0.378 e. The molecule has 0 saturated carbocycles. The lowest BCUT2D eigenvalue weighted by Crippen LogP contribution is -2.38. The number of halogens is 1. The predicted molar refractivity (Wildman–Crippen MR) is 76.0 cm³/mol. The van der Waals surface area contributed by atoms with Gasteiger partial charge in [0.15, 0.2) is 0 Å². The molecule has 1 unspecified atom stereocenters. The number of hydrogen-bond acceptors (Lipinski definition) is 4. The minimum atomic E-state index is 0.0882. The van der Waals surface area contributed by atoms with Gasteiger partial charge in [-0.1, -0.05) is 11.6 Å². The molecule has 104 valence electrons. The smallest absolute Gasteiger partial charge is 0.0970 e. The molecule has 1 atom stereocenters. The normalized spacial score (nSPS) is 24.5. The first-order chi connectivity index (χ1) is 9.34. The van der Waals surface area contributed by atoms with Gasteiger partial charge in [-0.3, -0.25) is 0 Å². The highest BCUT2D eigenvalue weighted by Crippen LogP contribution is 2.32. The van der Waals surface area contributed by atoms with Gasteiger partial charge in [-0.2, -0.15) is 0 Å². The summed E-state index contributed by atoms with van der Waals surface area (Å²) in [6.45, 7) is 5.93. The SMILES string of the molecule is Clc1ccc(N2CCOCC2)c(C2CNCCO2)c1. The van der Waals surface area contributed by atoms with Crippen LogP contribution in [0.4, 0.5) is 5.69 Å². The number of hydrogen-bond donors (Lipinski definition) is 1. The molecule has 5 heteroatoms. The van der Waals surface area contributed by atoms with Gasteiger partial charge < -0.3 is 19.7 Å². The van der Waals surface area contributed by atoms with Crippen LogP contribution in [0.1, 0.15) is 11.7 Å². The lowest BCUT2D eigenvalue weighted by molar-refractivity contribution is 0.0277. The van der Waals surface area contributed by atoms with Gasteiger partial charge in [-0.25, -0.2) is 0 Å². The zero-order valence-electron chi connectivity index (χ0n) is 10.9.